The van der Waals surface area contributed by atoms with Crippen LogP contribution in [0.5, 0.6) is 5.75 Å². The number of amides is 1. The Hall–Kier alpha value is -2.86. The van der Waals surface area contributed by atoms with Crippen molar-refractivity contribution < 1.29 is 9.53 Å². The molecular weight excluding hydrogens is 364 g/mol. The first-order chi connectivity index (χ1) is 12.9. The number of halogens is 1. The summed E-state index contributed by atoms with van der Waals surface area (Å²) in [6.45, 7) is 5.66. The van der Waals surface area contributed by atoms with Crippen LogP contribution >= 0.6 is 11.6 Å². The van der Waals surface area contributed by atoms with Crippen LogP contribution in [0.1, 0.15) is 40.3 Å². The lowest BCUT2D eigenvalue weighted by Crippen LogP contribution is -2.27. The fourth-order valence-corrected chi connectivity index (χ4v) is 3.25. The number of aromatic nitrogens is 3. The van der Waals surface area contributed by atoms with E-state index in [-0.39, 0.29) is 17.6 Å². The van der Waals surface area contributed by atoms with Crippen LogP contribution < -0.4 is 10.1 Å². The van der Waals surface area contributed by atoms with Gasteiger partial charge >= 0.3 is 0 Å². The number of carbonyl (C=O) groups excluding carboxylic acids is 1. The molecule has 0 radical (unpaired) electrons. The van der Waals surface area contributed by atoms with Gasteiger partial charge in [-0.25, -0.2) is 4.68 Å². The van der Waals surface area contributed by atoms with Gasteiger partial charge in [-0.2, -0.15) is 0 Å². The monoisotopic (exact) mass is 384 g/mol. The van der Waals surface area contributed by atoms with Crippen LogP contribution in [0.2, 0.25) is 5.02 Å². The normalized spacial score (nSPS) is 11.9. The number of ether oxygens (including phenoxy) is 1. The fraction of sp³-hybridized carbons (Fsp3) is 0.250. The van der Waals surface area contributed by atoms with Crippen molar-refractivity contribution >= 4 is 17.5 Å². The minimum Gasteiger partial charge on any atom is -0.497 e. The maximum absolute atomic E-state index is 12.7. The summed E-state index contributed by atoms with van der Waals surface area (Å²) in [4.78, 5) is 12.7. The van der Waals surface area contributed by atoms with E-state index in [1.165, 1.54) is 0 Å². The zero-order chi connectivity index (χ0) is 19.6. The number of benzene rings is 2. The second kappa shape index (κ2) is 7.80. The van der Waals surface area contributed by atoms with E-state index in [2.05, 4.69) is 15.6 Å². The van der Waals surface area contributed by atoms with Gasteiger partial charge in [0.1, 0.15) is 5.75 Å². The Morgan fingerprint density at radius 2 is 2.00 bits per heavy atom. The zero-order valence-electron chi connectivity index (χ0n) is 15.7. The van der Waals surface area contributed by atoms with E-state index in [9.17, 15) is 4.79 Å². The average Bonchev–Trinajstić information content (AvgIpc) is 3.03. The number of aryl methyl sites for hydroxylation is 1. The van der Waals surface area contributed by atoms with Crippen molar-refractivity contribution in [3.8, 4) is 11.4 Å². The molecule has 0 aliphatic carbocycles. The van der Waals surface area contributed by atoms with Crippen LogP contribution in [-0.4, -0.2) is 28.0 Å². The molecule has 27 heavy (non-hydrogen) atoms. The molecule has 0 spiro atoms. The van der Waals surface area contributed by atoms with Gasteiger partial charge < -0.3 is 10.1 Å². The van der Waals surface area contributed by atoms with E-state index in [0.29, 0.717) is 16.5 Å². The van der Waals surface area contributed by atoms with Crippen LogP contribution in [0, 0.1) is 13.8 Å². The van der Waals surface area contributed by atoms with E-state index in [0.717, 1.165) is 16.8 Å². The maximum Gasteiger partial charge on any atom is 0.274 e. The largest absolute Gasteiger partial charge is 0.497 e. The molecule has 7 heteroatoms. The van der Waals surface area contributed by atoms with Crippen LogP contribution in [0.3, 0.4) is 0 Å². The van der Waals surface area contributed by atoms with Crippen LogP contribution in [0.25, 0.3) is 5.69 Å². The molecule has 0 aliphatic heterocycles. The van der Waals surface area contributed by atoms with Gasteiger partial charge in [-0.05, 0) is 50.1 Å². The van der Waals surface area contributed by atoms with Crippen molar-refractivity contribution in [2.75, 3.05) is 7.11 Å². The van der Waals surface area contributed by atoms with Crippen molar-refractivity contribution in [1.82, 2.24) is 20.3 Å². The number of methoxy groups -OCH3 is 1. The molecule has 2 aromatic carbocycles. The Bertz CT molecular complexity index is 984. The number of rotatable bonds is 5. The lowest BCUT2D eigenvalue weighted by atomic mass is 10.1. The first-order valence-corrected chi connectivity index (χ1v) is 8.92. The molecule has 3 aromatic rings. The van der Waals surface area contributed by atoms with Gasteiger partial charge in [-0.3, -0.25) is 4.79 Å². The highest BCUT2D eigenvalue weighted by Gasteiger charge is 2.20. The van der Waals surface area contributed by atoms with Crippen molar-refractivity contribution in [1.29, 1.82) is 0 Å². The van der Waals surface area contributed by atoms with Crippen LogP contribution in [0.15, 0.2) is 42.5 Å². The molecule has 1 heterocycles. The van der Waals surface area contributed by atoms with Crippen molar-refractivity contribution in [2.45, 2.75) is 26.8 Å². The highest BCUT2D eigenvalue weighted by molar-refractivity contribution is 6.31. The first kappa shape index (κ1) is 18.9. The zero-order valence-corrected chi connectivity index (χ0v) is 16.4. The second-order valence-corrected chi connectivity index (χ2v) is 6.76. The summed E-state index contributed by atoms with van der Waals surface area (Å²) in [5, 5.41) is 11.7. The van der Waals surface area contributed by atoms with Gasteiger partial charge in [0.15, 0.2) is 5.69 Å². The van der Waals surface area contributed by atoms with Crippen molar-refractivity contribution in [3.63, 3.8) is 0 Å². The lowest BCUT2D eigenvalue weighted by Gasteiger charge is -2.15. The molecule has 140 valence electrons. The maximum atomic E-state index is 12.7. The molecule has 1 aromatic heterocycles. The quantitative estimate of drug-likeness (QED) is 0.720. The molecule has 1 amide bonds. The van der Waals surface area contributed by atoms with E-state index in [1.54, 1.807) is 18.7 Å². The van der Waals surface area contributed by atoms with Gasteiger partial charge in [0.25, 0.3) is 5.91 Å². The Kier molecular flexibility index (Phi) is 5.46. The van der Waals surface area contributed by atoms with Crippen molar-refractivity contribution in [2.24, 2.45) is 0 Å². The highest BCUT2D eigenvalue weighted by atomic mass is 35.5. The van der Waals surface area contributed by atoms with Crippen LogP contribution in [0.4, 0.5) is 0 Å². The third-order valence-electron chi connectivity index (χ3n) is 4.38. The minimum atomic E-state index is -0.300. The number of nitrogens with one attached hydrogen (secondary N) is 1. The van der Waals surface area contributed by atoms with Crippen LogP contribution in [-0.2, 0) is 0 Å². The van der Waals surface area contributed by atoms with Gasteiger partial charge in [-0.1, -0.05) is 35.0 Å². The summed E-state index contributed by atoms with van der Waals surface area (Å²) in [5.74, 6) is 0.404. The predicted molar refractivity (Wildman–Crippen MR) is 105 cm³/mol. The number of carbonyl (C=O) groups is 1. The topological polar surface area (TPSA) is 69.0 Å². The second-order valence-electron chi connectivity index (χ2n) is 6.36. The smallest absolute Gasteiger partial charge is 0.274 e. The van der Waals surface area contributed by atoms with Gasteiger partial charge in [0, 0.05) is 11.1 Å². The average molecular weight is 385 g/mol. The summed E-state index contributed by atoms with van der Waals surface area (Å²) >= 11 is 6.30. The van der Waals surface area contributed by atoms with Crippen molar-refractivity contribution in [3.05, 3.63) is 70.0 Å². The highest BCUT2D eigenvalue weighted by Crippen LogP contribution is 2.24. The number of nitrogens with zero attached hydrogens (tertiary/aromatic N) is 3. The Balaban J connectivity index is 1.82. The van der Waals surface area contributed by atoms with Gasteiger partial charge in [0.05, 0.1) is 24.5 Å². The Morgan fingerprint density at radius 1 is 1.22 bits per heavy atom. The summed E-state index contributed by atoms with van der Waals surface area (Å²) in [5.41, 5.74) is 3.61. The summed E-state index contributed by atoms with van der Waals surface area (Å²) < 4.78 is 6.85. The molecule has 0 fully saturated rings. The molecular formula is C20H21ClN4O2. The standard InChI is InChI=1S/C20H21ClN4O2/c1-12-8-9-17(18(21)10-12)13(2)22-20(26)19-14(3)25(24-23-19)15-6-5-7-16(11-15)27-4/h5-11,13H,1-4H3,(H,22,26). The lowest BCUT2D eigenvalue weighted by molar-refractivity contribution is 0.0934. The van der Waals surface area contributed by atoms with Gasteiger partial charge in [0.2, 0.25) is 0 Å². The van der Waals surface area contributed by atoms with Gasteiger partial charge in [-0.15, -0.1) is 5.10 Å². The third-order valence-corrected chi connectivity index (χ3v) is 4.70. The number of hydrogen-bond acceptors (Lipinski definition) is 4. The molecule has 0 aliphatic rings. The molecule has 1 atom stereocenters. The first-order valence-electron chi connectivity index (χ1n) is 8.54. The molecule has 1 unspecified atom stereocenters. The predicted octanol–water partition coefficient (Wildman–Crippen LogP) is 4.04. The Labute approximate surface area is 163 Å². The molecule has 1 N–H and O–H groups in total. The molecule has 3 rings (SSSR count). The molecule has 6 nitrogen and oxygen atoms in total. The number of hydrogen-bond donors (Lipinski definition) is 1. The summed E-state index contributed by atoms with van der Waals surface area (Å²) in [6.07, 6.45) is 0. The summed E-state index contributed by atoms with van der Waals surface area (Å²) in [7, 11) is 1.60. The molecule has 0 saturated heterocycles. The van der Waals surface area contributed by atoms with E-state index in [4.69, 9.17) is 16.3 Å². The fourth-order valence-electron chi connectivity index (χ4n) is 2.85. The summed E-state index contributed by atoms with van der Waals surface area (Å²) in [6, 6.07) is 12.9. The SMILES string of the molecule is COc1cccc(-n2nnc(C(=O)NC(C)c3ccc(C)cc3Cl)c2C)c1. The van der Waals surface area contributed by atoms with E-state index >= 15 is 0 Å². The van der Waals surface area contributed by atoms with E-state index in [1.807, 2.05) is 56.3 Å². The Morgan fingerprint density at radius 3 is 2.70 bits per heavy atom. The molecule has 0 bridgehead atoms. The third kappa shape index (κ3) is 3.95. The molecule has 0 saturated carbocycles. The van der Waals surface area contributed by atoms with E-state index < -0.39 is 0 Å². The minimum absolute atomic E-state index is 0.257.